The van der Waals surface area contributed by atoms with Crippen molar-refractivity contribution in [2.75, 3.05) is 24.5 Å². The van der Waals surface area contributed by atoms with Gasteiger partial charge < -0.3 is 25.9 Å². The van der Waals surface area contributed by atoms with Crippen molar-refractivity contribution >= 4 is 28.9 Å². The summed E-state index contributed by atoms with van der Waals surface area (Å²) in [5.74, 6) is -0.0487. The Bertz CT molecular complexity index is 1080. The van der Waals surface area contributed by atoms with E-state index in [1.807, 2.05) is 17.0 Å². The molecule has 4 rings (SSSR count). The van der Waals surface area contributed by atoms with E-state index < -0.39 is 12.0 Å². The second-order valence-corrected chi connectivity index (χ2v) is 6.91. The third-order valence-electron chi connectivity index (χ3n) is 4.96. The van der Waals surface area contributed by atoms with Gasteiger partial charge >= 0.3 is 12.1 Å². The zero-order valence-electron chi connectivity index (χ0n) is 15.9. The first-order valence-corrected chi connectivity index (χ1v) is 9.38. The van der Waals surface area contributed by atoms with Crippen molar-refractivity contribution in [3.63, 3.8) is 0 Å². The lowest BCUT2D eigenvalue weighted by Gasteiger charge is -2.33. The Hall–Kier alpha value is -3.96. The molecule has 156 valence electrons. The number of amides is 2. The van der Waals surface area contributed by atoms with Crippen molar-refractivity contribution in [3.05, 3.63) is 36.0 Å². The maximum Gasteiger partial charge on any atom is 0.404 e. The molecule has 1 aliphatic heterocycles. The molecule has 0 atom stereocenters. The number of piperidine rings is 1. The van der Waals surface area contributed by atoms with Gasteiger partial charge in [-0.3, -0.25) is 4.79 Å². The number of nitrogens with zero attached hydrogens (tertiary/aromatic N) is 6. The number of primary amides is 1. The van der Waals surface area contributed by atoms with E-state index in [2.05, 4.69) is 25.6 Å². The van der Waals surface area contributed by atoms with Crippen LogP contribution in [0.15, 0.2) is 30.5 Å². The third-order valence-corrected chi connectivity index (χ3v) is 4.96. The van der Waals surface area contributed by atoms with Gasteiger partial charge in [-0.2, -0.15) is 4.98 Å². The summed E-state index contributed by atoms with van der Waals surface area (Å²) in [4.78, 5) is 39.8. The number of carbonyl (C=O) groups is 2. The predicted molar refractivity (Wildman–Crippen MR) is 105 cm³/mol. The Morgan fingerprint density at radius 1 is 1.27 bits per heavy atom. The van der Waals surface area contributed by atoms with Crippen LogP contribution >= 0.6 is 0 Å². The topological polar surface area (TPSA) is 161 Å². The normalized spacial score (nSPS) is 14.6. The first-order valence-electron chi connectivity index (χ1n) is 9.38. The van der Waals surface area contributed by atoms with Gasteiger partial charge in [-0.25, -0.2) is 9.78 Å². The average Bonchev–Trinajstić information content (AvgIpc) is 3.15. The van der Waals surface area contributed by atoms with Crippen LogP contribution < -0.4 is 20.8 Å². The second kappa shape index (κ2) is 8.19. The molecule has 1 fully saturated rings. The van der Waals surface area contributed by atoms with Crippen LogP contribution in [0.3, 0.4) is 0 Å². The third kappa shape index (κ3) is 4.06. The van der Waals surface area contributed by atoms with Crippen LogP contribution in [0.5, 0.6) is 6.01 Å². The fourth-order valence-corrected chi connectivity index (χ4v) is 3.39. The van der Waals surface area contributed by atoms with Gasteiger partial charge in [0.1, 0.15) is 22.4 Å². The largest absolute Gasteiger partial charge is 0.465 e. The van der Waals surface area contributed by atoms with E-state index in [4.69, 9.17) is 15.7 Å². The number of carboxylic acid groups (broad SMARTS) is 1. The van der Waals surface area contributed by atoms with Gasteiger partial charge in [-0.1, -0.05) is 17.0 Å². The first-order chi connectivity index (χ1) is 14.5. The summed E-state index contributed by atoms with van der Waals surface area (Å²) in [6.45, 7) is 1.58. The van der Waals surface area contributed by atoms with Gasteiger partial charge in [0.25, 0.3) is 5.91 Å². The van der Waals surface area contributed by atoms with E-state index in [1.54, 1.807) is 12.1 Å². The highest BCUT2D eigenvalue weighted by atomic mass is 16.7. The Balaban J connectivity index is 1.54. The van der Waals surface area contributed by atoms with Gasteiger partial charge in [0.15, 0.2) is 0 Å². The molecule has 2 amide bonds. The first kappa shape index (κ1) is 19.4. The number of fused-ring (bicyclic) bond motifs is 1. The molecular weight excluding hydrogens is 392 g/mol. The Morgan fingerprint density at radius 3 is 2.77 bits per heavy atom. The van der Waals surface area contributed by atoms with Gasteiger partial charge in [0, 0.05) is 25.8 Å². The fourth-order valence-electron chi connectivity index (χ4n) is 3.39. The molecule has 2 aromatic heterocycles. The molecule has 3 aromatic rings. The number of hydrogen-bond donors (Lipinski definition) is 3. The van der Waals surface area contributed by atoms with Crippen molar-refractivity contribution in [1.82, 2.24) is 30.4 Å². The zero-order chi connectivity index (χ0) is 21.1. The molecule has 0 bridgehead atoms. The number of rotatable bonds is 6. The van der Waals surface area contributed by atoms with Crippen LogP contribution in [0, 0.1) is 5.92 Å². The maximum absolute atomic E-state index is 11.9. The van der Waals surface area contributed by atoms with Crippen LogP contribution in [0.4, 0.5) is 10.6 Å². The summed E-state index contributed by atoms with van der Waals surface area (Å²) in [5.41, 5.74) is 6.99. The number of carbonyl (C=O) groups excluding carboxylic acids is 1. The number of anilines is 1. The number of nitrogens with two attached hydrogens (primary N) is 1. The molecule has 0 unspecified atom stereocenters. The van der Waals surface area contributed by atoms with E-state index in [0.29, 0.717) is 36.5 Å². The van der Waals surface area contributed by atoms with Crippen molar-refractivity contribution in [3.8, 4) is 6.01 Å². The SMILES string of the molecule is NC(=O)c1cnc(On2nnc3ccccc32)nc1N1CCC(CNC(=O)O)CC1. The van der Waals surface area contributed by atoms with E-state index in [0.717, 1.165) is 12.8 Å². The maximum atomic E-state index is 11.9. The fraction of sp³-hybridized carbons (Fsp3) is 0.333. The van der Waals surface area contributed by atoms with E-state index in [-0.39, 0.29) is 17.5 Å². The Kier molecular flexibility index (Phi) is 5.28. The number of aromatic nitrogens is 5. The molecule has 1 saturated heterocycles. The highest BCUT2D eigenvalue weighted by Gasteiger charge is 2.25. The van der Waals surface area contributed by atoms with E-state index in [9.17, 15) is 9.59 Å². The zero-order valence-corrected chi connectivity index (χ0v) is 15.9. The van der Waals surface area contributed by atoms with Gasteiger partial charge in [-0.05, 0) is 36.1 Å². The summed E-state index contributed by atoms with van der Waals surface area (Å²) < 4.78 is 0. The molecule has 0 spiro atoms. The average molecular weight is 412 g/mol. The van der Waals surface area contributed by atoms with Crippen LogP contribution in [0.2, 0.25) is 0 Å². The molecule has 0 saturated carbocycles. The Labute approximate surface area is 170 Å². The second-order valence-electron chi connectivity index (χ2n) is 6.91. The summed E-state index contributed by atoms with van der Waals surface area (Å²) in [5, 5.41) is 19.1. The molecule has 12 nitrogen and oxygen atoms in total. The van der Waals surface area contributed by atoms with Gasteiger partial charge in [0.2, 0.25) is 0 Å². The lowest BCUT2D eigenvalue weighted by molar-refractivity contribution is 0.0999. The molecule has 3 heterocycles. The quantitative estimate of drug-likeness (QED) is 0.527. The van der Waals surface area contributed by atoms with Crippen LogP contribution in [0.1, 0.15) is 23.2 Å². The monoisotopic (exact) mass is 412 g/mol. The van der Waals surface area contributed by atoms with E-state index >= 15 is 0 Å². The minimum absolute atomic E-state index is 0.000297. The molecule has 4 N–H and O–H groups in total. The van der Waals surface area contributed by atoms with Crippen molar-refractivity contribution in [2.45, 2.75) is 12.8 Å². The summed E-state index contributed by atoms with van der Waals surface area (Å²) in [6.07, 6.45) is 1.78. The van der Waals surface area contributed by atoms with Crippen molar-refractivity contribution < 1.29 is 19.5 Å². The lowest BCUT2D eigenvalue weighted by atomic mass is 9.96. The van der Waals surface area contributed by atoms with Crippen molar-refractivity contribution in [2.24, 2.45) is 11.7 Å². The molecule has 1 aliphatic rings. The summed E-state index contributed by atoms with van der Waals surface area (Å²) in [7, 11) is 0. The Morgan fingerprint density at radius 2 is 2.03 bits per heavy atom. The number of nitrogens with one attached hydrogen (secondary N) is 1. The highest BCUT2D eigenvalue weighted by Crippen LogP contribution is 2.26. The minimum Gasteiger partial charge on any atom is -0.465 e. The van der Waals surface area contributed by atoms with Gasteiger partial charge in [-0.15, -0.1) is 5.10 Å². The summed E-state index contributed by atoms with van der Waals surface area (Å²) >= 11 is 0. The number of benzene rings is 1. The lowest BCUT2D eigenvalue weighted by Crippen LogP contribution is -2.39. The van der Waals surface area contributed by atoms with Gasteiger partial charge in [0.05, 0.1) is 0 Å². The van der Waals surface area contributed by atoms with E-state index in [1.165, 1.54) is 11.0 Å². The smallest absolute Gasteiger partial charge is 0.404 e. The standard InChI is InChI=1S/C18H20N8O4/c19-15(27)12-10-20-17(30-26-14-4-2-1-3-13(14)23-24-26)22-16(12)25-7-5-11(6-8-25)9-21-18(28)29/h1-4,10-11,21H,5-9H2,(H2,19,27)(H,28,29). The molecule has 0 aliphatic carbocycles. The summed E-state index contributed by atoms with van der Waals surface area (Å²) in [6, 6.07) is 7.27. The predicted octanol–water partition coefficient (Wildman–Crippen LogP) is 0.646. The van der Waals surface area contributed by atoms with Crippen molar-refractivity contribution in [1.29, 1.82) is 0 Å². The number of para-hydroxylation sites is 1. The number of hydrogen-bond acceptors (Lipinski definition) is 8. The molecule has 12 heteroatoms. The highest BCUT2D eigenvalue weighted by molar-refractivity contribution is 5.97. The van der Waals surface area contributed by atoms with Crippen LogP contribution in [0.25, 0.3) is 11.0 Å². The van der Waals surface area contributed by atoms with Crippen LogP contribution in [-0.2, 0) is 0 Å². The van der Waals surface area contributed by atoms with Crippen LogP contribution in [-0.4, -0.2) is 61.9 Å². The molecule has 1 aromatic carbocycles. The molecule has 30 heavy (non-hydrogen) atoms. The molecule has 0 radical (unpaired) electrons. The molecular formula is C18H20N8O4. The minimum atomic E-state index is -1.04.